The third-order valence-electron chi connectivity index (χ3n) is 6.22. The number of carbonyl (C=O) groups is 1. The summed E-state index contributed by atoms with van der Waals surface area (Å²) in [6, 6.07) is 19.0. The van der Waals surface area contributed by atoms with Crippen LogP contribution in [0.25, 0.3) is 11.0 Å². The van der Waals surface area contributed by atoms with E-state index in [0.29, 0.717) is 21.5 Å². The molecule has 0 saturated carbocycles. The number of benzene rings is 2. The van der Waals surface area contributed by atoms with Gasteiger partial charge in [-0.2, -0.15) is 0 Å². The van der Waals surface area contributed by atoms with Gasteiger partial charge in [-0.3, -0.25) is 4.90 Å². The first kappa shape index (κ1) is 30.0. The van der Waals surface area contributed by atoms with Crippen molar-refractivity contribution in [2.75, 3.05) is 4.90 Å². The highest BCUT2D eigenvalue weighted by Gasteiger charge is 2.26. The number of aromatic nitrogens is 3. The number of ether oxygens (including phenoxy) is 2. The van der Waals surface area contributed by atoms with Crippen LogP contribution in [-0.4, -0.2) is 34.1 Å². The van der Waals surface area contributed by atoms with E-state index in [4.69, 9.17) is 21.1 Å². The van der Waals surface area contributed by atoms with Crippen molar-refractivity contribution in [3.05, 3.63) is 113 Å². The van der Waals surface area contributed by atoms with Gasteiger partial charge in [0.1, 0.15) is 29.6 Å². The van der Waals surface area contributed by atoms with E-state index < -0.39 is 27.5 Å². The Bertz CT molecular complexity index is 1870. The molecule has 0 aliphatic heterocycles. The maximum Gasteiger partial charge on any atom is 0.416 e. The molecule has 5 aromatic rings. The predicted molar refractivity (Wildman–Crippen MR) is 161 cm³/mol. The molecular weight excluding hydrogens is 595 g/mol. The van der Waals surface area contributed by atoms with Gasteiger partial charge in [-0.05, 0) is 51.1 Å². The van der Waals surface area contributed by atoms with Crippen LogP contribution in [0, 0.1) is 5.82 Å². The highest BCUT2D eigenvalue weighted by molar-refractivity contribution is 7.90. The Kier molecular flexibility index (Phi) is 8.38. The number of fused-ring (bicyclic) bond motifs is 1. The molecule has 0 fully saturated rings. The zero-order valence-electron chi connectivity index (χ0n) is 23.6. The molecule has 0 atom stereocenters. The SMILES string of the molecule is CC(C)(C)OC(=O)N(Cc1ccccc1F)c1ccc(COc2cn(S(=O)(=O)c3ccccc3)c3ncc(Cl)cc23)cn1. The van der Waals surface area contributed by atoms with E-state index in [1.165, 1.54) is 41.7 Å². The second-order valence-corrected chi connectivity index (χ2v) is 12.9. The number of hydrogen-bond donors (Lipinski definition) is 0. The predicted octanol–water partition coefficient (Wildman–Crippen LogP) is 6.98. The molecule has 0 radical (unpaired) electrons. The summed E-state index contributed by atoms with van der Waals surface area (Å²) >= 11 is 6.18. The van der Waals surface area contributed by atoms with Crippen LogP contribution < -0.4 is 9.64 Å². The minimum absolute atomic E-state index is 0.0179. The second kappa shape index (κ2) is 12.0. The Hall–Kier alpha value is -4.48. The van der Waals surface area contributed by atoms with Crippen LogP contribution in [0.2, 0.25) is 5.02 Å². The van der Waals surface area contributed by atoms with Gasteiger partial charge in [-0.1, -0.05) is 54.1 Å². The van der Waals surface area contributed by atoms with E-state index in [-0.39, 0.29) is 35.3 Å². The summed E-state index contributed by atoms with van der Waals surface area (Å²) in [6.45, 7) is 5.15. The molecule has 12 heteroatoms. The van der Waals surface area contributed by atoms with E-state index >= 15 is 0 Å². The first-order valence-electron chi connectivity index (χ1n) is 13.2. The zero-order chi connectivity index (χ0) is 30.8. The standard InChI is InChI=1S/C31H28ClFN4O5S/c1-31(2,3)42-30(38)36(18-22-9-7-8-12-26(22)33)28-14-13-21(16-34-28)20-41-27-19-37(29-25(27)15-23(32)17-35-29)43(39,40)24-10-5-4-6-11-24/h4-17,19H,18,20H2,1-3H3. The van der Waals surface area contributed by atoms with Crippen molar-refractivity contribution in [2.45, 2.75) is 44.4 Å². The van der Waals surface area contributed by atoms with E-state index in [0.717, 1.165) is 3.97 Å². The minimum Gasteiger partial charge on any atom is -0.486 e. The monoisotopic (exact) mass is 622 g/mol. The second-order valence-electron chi connectivity index (χ2n) is 10.6. The molecule has 2 aromatic carbocycles. The van der Waals surface area contributed by atoms with Crippen molar-refractivity contribution in [2.24, 2.45) is 0 Å². The normalized spacial score (nSPS) is 11.8. The molecule has 43 heavy (non-hydrogen) atoms. The van der Waals surface area contributed by atoms with Crippen LogP contribution in [0.3, 0.4) is 0 Å². The highest BCUT2D eigenvalue weighted by atomic mass is 35.5. The summed E-state index contributed by atoms with van der Waals surface area (Å²) in [5, 5.41) is 0.730. The molecule has 0 N–H and O–H groups in total. The Morgan fingerprint density at radius 3 is 2.40 bits per heavy atom. The number of halogens is 2. The summed E-state index contributed by atoms with van der Waals surface area (Å²) in [4.78, 5) is 23.1. The van der Waals surface area contributed by atoms with Crippen molar-refractivity contribution in [1.29, 1.82) is 0 Å². The number of carbonyl (C=O) groups excluding carboxylic acids is 1. The van der Waals surface area contributed by atoms with E-state index in [2.05, 4.69) is 9.97 Å². The summed E-state index contributed by atoms with van der Waals surface area (Å²) in [6.07, 6.45) is 3.56. The number of pyridine rings is 2. The molecule has 0 saturated heterocycles. The van der Waals surface area contributed by atoms with Crippen LogP contribution in [-0.2, 0) is 27.9 Å². The number of nitrogens with zero attached hydrogens (tertiary/aromatic N) is 4. The van der Waals surface area contributed by atoms with Gasteiger partial charge in [0, 0.05) is 23.5 Å². The van der Waals surface area contributed by atoms with Crippen molar-refractivity contribution >= 4 is 44.6 Å². The summed E-state index contributed by atoms with van der Waals surface area (Å²) < 4.78 is 53.8. The Labute approximate surface area is 253 Å². The van der Waals surface area contributed by atoms with Gasteiger partial charge in [0.05, 0.1) is 28.0 Å². The fourth-order valence-corrected chi connectivity index (χ4v) is 5.70. The Morgan fingerprint density at radius 2 is 1.72 bits per heavy atom. The molecule has 9 nitrogen and oxygen atoms in total. The van der Waals surface area contributed by atoms with Gasteiger partial charge in [0.2, 0.25) is 0 Å². The Balaban J connectivity index is 1.40. The molecule has 222 valence electrons. The van der Waals surface area contributed by atoms with Crippen molar-refractivity contribution in [3.8, 4) is 5.75 Å². The lowest BCUT2D eigenvalue weighted by atomic mass is 10.2. The fourth-order valence-electron chi connectivity index (χ4n) is 4.21. The average molecular weight is 623 g/mol. The van der Waals surface area contributed by atoms with Gasteiger partial charge in [-0.15, -0.1) is 0 Å². The molecule has 3 heterocycles. The Morgan fingerprint density at radius 1 is 1.00 bits per heavy atom. The number of rotatable bonds is 8. The lowest BCUT2D eigenvalue weighted by Gasteiger charge is -2.27. The average Bonchev–Trinajstić information content (AvgIpc) is 3.34. The topological polar surface area (TPSA) is 104 Å². The quantitative estimate of drug-likeness (QED) is 0.184. The maximum absolute atomic E-state index is 14.4. The van der Waals surface area contributed by atoms with Crippen LogP contribution in [0.5, 0.6) is 5.75 Å². The molecule has 3 aromatic heterocycles. The molecule has 0 bridgehead atoms. The molecule has 0 unspecified atom stereocenters. The molecule has 0 aliphatic carbocycles. The first-order valence-corrected chi connectivity index (χ1v) is 15.0. The third-order valence-corrected chi connectivity index (χ3v) is 8.09. The van der Waals surface area contributed by atoms with Crippen molar-refractivity contribution < 1.29 is 27.1 Å². The lowest BCUT2D eigenvalue weighted by Crippen LogP contribution is -2.37. The van der Waals surface area contributed by atoms with Crippen LogP contribution >= 0.6 is 11.6 Å². The van der Waals surface area contributed by atoms with Gasteiger partial charge in [0.15, 0.2) is 5.65 Å². The minimum atomic E-state index is -3.96. The summed E-state index contributed by atoms with van der Waals surface area (Å²) in [5.41, 5.74) is 0.318. The number of hydrogen-bond acceptors (Lipinski definition) is 7. The van der Waals surface area contributed by atoms with Gasteiger partial charge < -0.3 is 9.47 Å². The molecular formula is C31H28ClFN4O5S. The van der Waals surface area contributed by atoms with Gasteiger partial charge >= 0.3 is 6.09 Å². The summed E-state index contributed by atoms with van der Waals surface area (Å²) in [5.74, 6) is 0.0513. The molecule has 0 spiro atoms. The van der Waals surface area contributed by atoms with Crippen LogP contribution in [0.4, 0.5) is 15.0 Å². The van der Waals surface area contributed by atoms with Gasteiger partial charge in [0.25, 0.3) is 10.0 Å². The fraction of sp³-hybridized carbons (Fsp3) is 0.194. The molecule has 1 amide bonds. The smallest absolute Gasteiger partial charge is 0.416 e. The third kappa shape index (κ3) is 6.79. The number of anilines is 1. The van der Waals surface area contributed by atoms with Crippen molar-refractivity contribution in [1.82, 2.24) is 13.9 Å². The molecule has 5 rings (SSSR count). The van der Waals surface area contributed by atoms with E-state index in [1.54, 1.807) is 75.4 Å². The van der Waals surface area contributed by atoms with E-state index in [1.807, 2.05) is 0 Å². The number of amides is 1. The van der Waals surface area contributed by atoms with E-state index in [9.17, 15) is 17.6 Å². The maximum atomic E-state index is 14.4. The van der Waals surface area contributed by atoms with Crippen molar-refractivity contribution in [3.63, 3.8) is 0 Å². The lowest BCUT2D eigenvalue weighted by molar-refractivity contribution is 0.0576. The van der Waals surface area contributed by atoms with Crippen LogP contribution in [0.1, 0.15) is 31.9 Å². The molecule has 0 aliphatic rings. The highest BCUT2D eigenvalue weighted by Crippen LogP contribution is 2.32. The largest absolute Gasteiger partial charge is 0.486 e. The zero-order valence-corrected chi connectivity index (χ0v) is 25.1. The summed E-state index contributed by atoms with van der Waals surface area (Å²) in [7, 11) is -3.96. The first-order chi connectivity index (χ1) is 20.4. The van der Waals surface area contributed by atoms with Gasteiger partial charge in [-0.25, -0.2) is 31.5 Å². The van der Waals surface area contributed by atoms with Crippen LogP contribution in [0.15, 0.2) is 96.3 Å².